The van der Waals surface area contributed by atoms with Crippen LogP contribution in [0.3, 0.4) is 0 Å². The zero-order valence-corrected chi connectivity index (χ0v) is 37.2. The summed E-state index contributed by atoms with van der Waals surface area (Å²) in [4.78, 5) is 10.4. The predicted molar refractivity (Wildman–Crippen MR) is 262 cm³/mol. The molecule has 4 aromatic heterocycles. The Labute approximate surface area is 369 Å². The molecule has 4 heterocycles. The second-order valence-electron chi connectivity index (χ2n) is 19.0. The number of benzene rings is 6. The van der Waals surface area contributed by atoms with Gasteiger partial charge >= 0.3 is 0 Å². The van der Waals surface area contributed by atoms with E-state index < -0.39 is 0 Å². The van der Waals surface area contributed by atoms with E-state index in [-0.39, 0.29) is 16.6 Å². The van der Waals surface area contributed by atoms with Crippen LogP contribution < -0.4 is 0 Å². The van der Waals surface area contributed by atoms with E-state index >= 15 is 0 Å². The van der Waals surface area contributed by atoms with E-state index in [1.54, 1.807) is 6.07 Å². The first-order valence-corrected chi connectivity index (χ1v) is 21.8. The SMILES string of the molecule is Cc1cc(-c2c3ccccc3c(-c3ccc4c(c3)oc3ccccc34)n2C)cc(-c2cccc(-c3cc(-c4cc(C(C)(C)C)cc(C(C)(C)C)c4)cc(-c4ccccc4O)n3)c2)n1. The molecule has 0 saturated carbocycles. The number of aromatic nitrogens is 3. The molecular weight excluding hydrogens is 771 g/mol. The minimum Gasteiger partial charge on any atom is -0.507 e. The van der Waals surface area contributed by atoms with Crippen LogP contribution in [0.5, 0.6) is 5.75 Å². The summed E-state index contributed by atoms with van der Waals surface area (Å²) in [6.07, 6.45) is 0. The third-order valence-corrected chi connectivity index (χ3v) is 12.4. The van der Waals surface area contributed by atoms with E-state index in [9.17, 15) is 5.11 Å². The fourth-order valence-electron chi connectivity index (χ4n) is 9.07. The Hall–Kier alpha value is -7.24. The lowest BCUT2D eigenvalue weighted by molar-refractivity contribution is 0.477. The molecule has 0 radical (unpaired) electrons. The number of hydrogen-bond acceptors (Lipinski definition) is 4. The van der Waals surface area contributed by atoms with Crippen molar-refractivity contribution in [3.8, 4) is 73.2 Å². The molecule has 10 aromatic rings. The topological polar surface area (TPSA) is 64.1 Å². The van der Waals surface area contributed by atoms with Gasteiger partial charge in [-0.05, 0) is 101 Å². The van der Waals surface area contributed by atoms with Crippen LogP contribution in [0.15, 0.2) is 162 Å². The lowest BCUT2D eigenvalue weighted by atomic mass is 9.79. The molecule has 0 saturated heterocycles. The summed E-state index contributed by atoms with van der Waals surface area (Å²) in [6, 6.07) is 55.1. The molecule has 0 fully saturated rings. The van der Waals surface area contributed by atoms with Crippen molar-refractivity contribution < 1.29 is 9.52 Å². The number of fused-ring (bicyclic) bond motifs is 4. The normalized spacial score (nSPS) is 12.2. The molecule has 0 amide bonds. The number of pyridine rings is 2. The summed E-state index contributed by atoms with van der Waals surface area (Å²) in [5.74, 6) is 0.198. The van der Waals surface area contributed by atoms with E-state index in [4.69, 9.17) is 14.4 Å². The van der Waals surface area contributed by atoms with Crippen molar-refractivity contribution in [3.63, 3.8) is 0 Å². The average molecular weight is 822 g/mol. The number of furan rings is 1. The molecule has 310 valence electrons. The fraction of sp³-hybridized carbons (Fsp3) is 0.172. The van der Waals surface area contributed by atoms with Gasteiger partial charge in [0.2, 0.25) is 0 Å². The van der Waals surface area contributed by atoms with Crippen molar-refractivity contribution >= 4 is 32.7 Å². The molecule has 63 heavy (non-hydrogen) atoms. The van der Waals surface area contributed by atoms with Gasteiger partial charge in [0.15, 0.2) is 0 Å². The molecule has 5 nitrogen and oxygen atoms in total. The van der Waals surface area contributed by atoms with E-state index in [1.165, 1.54) is 21.9 Å². The molecule has 6 aromatic carbocycles. The number of nitrogens with zero attached hydrogens (tertiary/aromatic N) is 3. The van der Waals surface area contributed by atoms with Gasteiger partial charge in [-0.3, -0.25) is 4.98 Å². The summed E-state index contributed by atoms with van der Waals surface area (Å²) in [7, 11) is 2.16. The number of rotatable bonds is 6. The number of para-hydroxylation sites is 2. The first kappa shape index (κ1) is 39.9. The van der Waals surface area contributed by atoms with Gasteiger partial charge < -0.3 is 14.1 Å². The average Bonchev–Trinajstić information content (AvgIpc) is 3.79. The summed E-state index contributed by atoms with van der Waals surface area (Å²) in [6.45, 7) is 15.7. The number of aryl methyl sites for hydroxylation is 1. The summed E-state index contributed by atoms with van der Waals surface area (Å²) >= 11 is 0. The number of aromatic hydroxyl groups is 1. The van der Waals surface area contributed by atoms with Crippen LogP contribution in [0.4, 0.5) is 0 Å². The van der Waals surface area contributed by atoms with Crippen LogP contribution in [0.1, 0.15) is 58.4 Å². The highest BCUT2D eigenvalue weighted by Gasteiger charge is 2.23. The van der Waals surface area contributed by atoms with Crippen molar-refractivity contribution in [1.29, 1.82) is 0 Å². The molecule has 0 bridgehead atoms. The van der Waals surface area contributed by atoms with Gasteiger partial charge in [-0.1, -0.05) is 139 Å². The van der Waals surface area contributed by atoms with Gasteiger partial charge in [-0.25, -0.2) is 4.98 Å². The Morgan fingerprint density at radius 2 is 1.00 bits per heavy atom. The maximum Gasteiger partial charge on any atom is 0.136 e. The minimum absolute atomic E-state index is 0.0442. The van der Waals surface area contributed by atoms with Gasteiger partial charge in [0, 0.05) is 62.1 Å². The lowest BCUT2D eigenvalue weighted by Crippen LogP contribution is -2.16. The summed E-state index contributed by atoms with van der Waals surface area (Å²) < 4.78 is 8.66. The van der Waals surface area contributed by atoms with Crippen molar-refractivity contribution in [3.05, 3.63) is 175 Å². The zero-order chi connectivity index (χ0) is 43.8. The Balaban J connectivity index is 1.10. The Morgan fingerprint density at radius 3 is 1.68 bits per heavy atom. The van der Waals surface area contributed by atoms with Crippen molar-refractivity contribution in [2.24, 2.45) is 7.05 Å². The van der Waals surface area contributed by atoms with E-state index in [1.807, 2.05) is 30.3 Å². The highest BCUT2D eigenvalue weighted by molar-refractivity contribution is 6.09. The van der Waals surface area contributed by atoms with Crippen LogP contribution >= 0.6 is 0 Å². The Bertz CT molecular complexity index is 3370. The molecule has 0 unspecified atom stereocenters. The van der Waals surface area contributed by atoms with Gasteiger partial charge in [0.1, 0.15) is 16.9 Å². The predicted octanol–water partition coefficient (Wildman–Crippen LogP) is 15.5. The number of hydrogen-bond donors (Lipinski definition) is 1. The first-order chi connectivity index (χ1) is 30.2. The van der Waals surface area contributed by atoms with Crippen LogP contribution in [0.2, 0.25) is 0 Å². The van der Waals surface area contributed by atoms with Gasteiger partial charge in [-0.15, -0.1) is 0 Å². The standard InChI is InChI=1S/C58H51N3O2/c1-35-26-41(56-47-20-10-9-19-46(47)55(61(56)8)38-24-25-45-44-18-12-14-23-53(44)63-54(45)33-38)32-49(59-35)36-16-15-17-37(27-36)50-30-40(31-51(60-50)48-21-11-13-22-52(48)62)39-28-42(57(2,3)4)34-43(29-39)58(5,6)7/h9-34,62H,1-8H3. The van der Waals surface area contributed by atoms with E-state index in [0.717, 1.165) is 83.8 Å². The Morgan fingerprint density at radius 1 is 0.444 bits per heavy atom. The number of phenols is 1. The zero-order valence-electron chi connectivity index (χ0n) is 37.2. The molecule has 10 rings (SSSR count). The second kappa shape index (κ2) is 15.0. The smallest absolute Gasteiger partial charge is 0.136 e. The quantitative estimate of drug-likeness (QED) is 0.181. The maximum atomic E-state index is 11.1. The molecule has 5 heteroatoms. The van der Waals surface area contributed by atoms with Crippen LogP contribution in [-0.2, 0) is 17.9 Å². The third kappa shape index (κ3) is 7.27. The largest absolute Gasteiger partial charge is 0.507 e. The van der Waals surface area contributed by atoms with Gasteiger partial charge in [-0.2, -0.15) is 0 Å². The first-order valence-electron chi connectivity index (χ1n) is 21.8. The highest BCUT2D eigenvalue weighted by atomic mass is 16.3. The molecule has 0 spiro atoms. The van der Waals surface area contributed by atoms with E-state index in [0.29, 0.717) is 11.3 Å². The van der Waals surface area contributed by atoms with Crippen LogP contribution in [0.25, 0.3) is 100 Å². The van der Waals surface area contributed by atoms with Crippen molar-refractivity contribution in [2.75, 3.05) is 0 Å². The highest BCUT2D eigenvalue weighted by Crippen LogP contribution is 2.43. The van der Waals surface area contributed by atoms with Gasteiger partial charge in [0.25, 0.3) is 0 Å². The second-order valence-corrected chi connectivity index (χ2v) is 19.0. The van der Waals surface area contributed by atoms with Crippen molar-refractivity contribution in [1.82, 2.24) is 14.5 Å². The minimum atomic E-state index is -0.0442. The molecule has 0 aliphatic heterocycles. The molecule has 0 aliphatic carbocycles. The molecule has 1 N–H and O–H groups in total. The van der Waals surface area contributed by atoms with Crippen molar-refractivity contribution in [2.45, 2.75) is 59.3 Å². The van der Waals surface area contributed by atoms with Crippen LogP contribution in [-0.4, -0.2) is 19.6 Å². The third-order valence-electron chi connectivity index (χ3n) is 12.4. The Kier molecular flexibility index (Phi) is 9.48. The summed E-state index contributed by atoms with van der Waals surface area (Å²) in [5.41, 5.74) is 16.9. The monoisotopic (exact) mass is 821 g/mol. The number of phenolic OH excluding ortho intramolecular Hbond substituents is 1. The maximum absolute atomic E-state index is 11.1. The summed E-state index contributed by atoms with van der Waals surface area (Å²) in [5, 5.41) is 15.7. The molecular formula is C58H51N3O2. The lowest BCUT2D eigenvalue weighted by Gasteiger charge is -2.26. The molecule has 0 aliphatic rings. The van der Waals surface area contributed by atoms with Crippen LogP contribution in [0, 0.1) is 6.92 Å². The van der Waals surface area contributed by atoms with Gasteiger partial charge in [0.05, 0.1) is 28.5 Å². The molecule has 0 atom stereocenters. The fourth-order valence-corrected chi connectivity index (χ4v) is 9.07. The van der Waals surface area contributed by atoms with E-state index in [2.05, 4.69) is 181 Å².